The highest BCUT2D eigenvalue weighted by atomic mass is 79.9. The summed E-state index contributed by atoms with van der Waals surface area (Å²) < 4.78 is 2.63. The molecule has 0 bridgehead atoms. The number of nitrogens with one attached hydrogen (secondary N) is 1. The predicted molar refractivity (Wildman–Crippen MR) is 108 cm³/mol. The maximum Gasteiger partial charge on any atom is 0.332 e. The number of hydrogen-bond acceptors (Lipinski definition) is 7. The Morgan fingerprint density at radius 3 is 2.50 bits per heavy atom. The van der Waals surface area contributed by atoms with Gasteiger partial charge in [0, 0.05) is 24.8 Å². The van der Waals surface area contributed by atoms with E-state index in [0.717, 1.165) is 13.6 Å². The highest BCUT2D eigenvalue weighted by Gasteiger charge is 2.27. The quantitative estimate of drug-likeness (QED) is 0.587. The number of nitrogen functional groups attached to an aromatic ring is 1. The van der Waals surface area contributed by atoms with E-state index >= 15 is 0 Å². The number of carbonyl (C=O) groups excluding carboxylic acids is 2. The number of aromatic nitrogens is 3. The number of halogens is 1. The Kier molecular flexibility index (Phi) is 6.52. The number of nitrogens with zero attached hydrogens (tertiary/aromatic N) is 4. The average molecular weight is 453 g/mol. The normalized spacial score (nSPS) is 12.1. The minimum Gasteiger partial charge on any atom is -0.384 e. The average Bonchev–Trinajstić information content (AvgIpc) is 2.65. The van der Waals surface area contributed by atoms with Crippen molar-refractivity contribution in [2.75, 3.05) is 24.6 Å². The lowest BCUT2D eigenvalue weighted by atomic mass is 10.1. The zero-order valence-electron chi connectivity index (χ0n) is 15.9. The molecular formula is C17H21BrN6O4. The number of hydrogen-bond donors (Lipinski definition) is 2. The van der Waals surface area contributed by atoms with Crippen LogP contribution in [0.5, 0.6) is 0 Å². The topological polar surface area (TPSA) is 132 Å². The molecule has 0 aromatic carbocycles. The Labute approximate surface area is 169 Å². The van der Waals surface area contributed by atoms with Crippen molar-refractivity contribution >= 4 is 39.3 Å². The minimum atomic E-state index is -0.823. The van der Waals surface area contributed by atoms with Crippen LogP contribution in [-0.2, 0) is 18.9 Å². The lowest BCUT2D eigenvalue weighted by molar-refractivity contribution is -0.117. The van der Waals surface area contributed by atoms with Crippen molar-refractivity contribution in [2.45, 2.75) is 13.0 Å². The second-order valence-electron chi connectivity index (χ2n) is 6.33. The second kappa shape index (κ2) is 8.48. The first-order chi connectivity index (χ1) is 13.0. The van der Waals surface area contributed by atoms with E-state index in [1.807, 2.05) is 0 Å². The third-order valence-corrected chi connectivity index (χ3v) is 4.85. The van der Waals surface area contributed by atoms with Crippen LogP contribution in [0.1, 0.15) is 17.3 Å². The molecule has 11 heteroatoms. The molecule has 2 heterocycles. The maximum absolute atomic E-state index is 12.8. The minimum absolute atomic E-state index is 0.114. The van der Waals surface area contributed by atoms with Crippen molar-refractivity contribution in [3.8, 4) is 0 Å². The molecule has 0 saturated heterocycles. The fraction of sp³-hybridized carbons (Fsp3) is 0.353. The number of likely N-dealkylation sites (N-methyl/N-ethyl adjacent to an activating group) is 1. The molecule has 3 N–H and O–H groups in total. The molecule has 0 fully saturated rings. The molecule has 0 radical (unpaired) electrons. The summed E-state index contributed by atoms with van der Waals surface area (Å²) in [4.78, 5) is 54.8. The van der Waals surface area contributed by atoms with Crippen LogP contribution in [-0.4, -0.2) is 50.3 Å². The van der Waals surface area contributed by atoms with Gasteiger partial charge in [-0.25, -0.2) is 9.78 Å². The van der Waals surface area contributed by atoms with Gasteiger partial charge in [0.25, 0.3) is 5.56 Å². The molecular weight excluding hydrogens is 432 g/mol. The molecule has 1 unspecified atom stereocenters. The first kappa shape index (κ1) is 21.5. The largest absolute Gasteiger partial charge is 0.384 e. The van der Waals surface area contributed by atoms with Crippen molar-refractivity contribution in [2.24, 2.45) is 14.1 Å². The summed E-state index contributed by atoms with van der Waals surface area (Å²) in [5.74, 6) is -0.789. The van der Waals surface area contributed by atoms with Gasteiger partial charge in [-0.1, -0.05) is 0 Å². The second-order valence-corrected chi connectivity index (χ2v) is 7.25. The fourth-order valence-electron chi connectivity index (χ4n) is 2.50. The van der Waals surface area contributed by atoms with E-state index < -0.39 is 23.1 Å². The molecule has 0 aliphatic carbocycles. The van der Waals surface area contributed by atoms with Gasteiger partial charge in [0.1, 0.15) is 17.2 Å². The summed E-state index contributed by atoms with van der Waals surface area (Å²) >= 11 is 3.26. The van der Waals surface area contributed by atoms with Crippen LogP contribution in [0.15, 0.2) is 32.4 Å². The van der Waals surface area contributed by atoms with Gasteiger partial charge in [0.2, 0.25) is 5.91 Å². The van der Waals surface area contributed by atoms with E-state index in [1.165, 1.54) is 19.0 Å². The summed E-state index contributed by atoms with van der Waals surface area (Å²) in [5, 5.41) is 2.62. The number of anilines is 2. The lowest BCUT2D eigenvalue weighted by Gasteiger charge is -2.23. The highest BCUT2D eigenvalue weighted by Crippen LogP contribution is 2.12. The van der Waals surface area contributed by atoms with Crippen molar-refractivity contribution in [1.29, 1.82) is 0 Å². The van der Waals surface area contributed by atoms with Gasteiger partial charge in [0.15, 0.2) is 5.78 Å². The molecule has 0 saturated carbocycles. The van der Waals surface area contributed by atoms with Gasteiger partial charge in [-0.15, -0.1) is 0 Å². The molecule has 0 aliphatic rings. The Balaban J connectivity index is 2.17. The SMILES string of the molecule is CC(C(=O)c1c(N)n(C)c(=O)n(C)c1=O)N(C)CC(=O)Nc1ccc(Br)cn1. The molecule has 10 nitrogen and oxygen atoms in total. The summed E-state index contributed by atoms with van der Waals surface area (Å²) in [6.45, 7) is 1.44. The Bertz CT molecular complexity index is 1030. The van der Waals surface area contributed by atoms with Gasteiger partial charge in [-0.2, -0.15) is 0 Å². The number of carbonyl (C=O) groups is 2. The molecule has 150 valence electrons. The number of rotatable bonds is 6. The summed E-state index contributed by atoms with van der Waals surface area (Å²) in [6.07, 6.45) is 1.55. The van der Waals surface area contributed by atoms with Crippen molar-refractivity contribution in [3.63, 3.8) is 0 Å². The van der Waals surface area contributed by atoms with Crippen LogP contribution in [0.4, 0.5) is 11.6 Å². The van der Waals surface area contributed by atoms with E-state index in [0.29, 0.717) is 5.82 Å². The van der Waals surface area contributed by atoms with E-state index in [1.54, 1.807) is 32.3 Å². The maximum atomic E-state index is 12.8. The molecule has 2 aromatic heterocycles. The third-order valence-electron chi connectivity index (χ3n) is 4.38. The zero-order valence-corrected chi connectivity index (χ0v) is 17.5. The smallest absolute Gasteiger partial charge is 0.332 e. The van der Waals surface area contributed by atoms with Crippen molar-refractivity contribution < 1.29 is 9.59 Å². The molecule has 0 aliphatic heterocycles. The van der Waals surface area contributed by atoms with Crippen LogP contribution in [0.25, 0.3) is 0 Å². The van der Waals surface area contributed by atoms with E-state index in [9.17, 15) is 19.2 Å². The molecule has 2 rings (SSSR count). The van der Waals surface area contributed by atoms with E-state index in [2.05, 4.69) is 26.2 Å². The summed E-state index contributed by atoms with van der Waals surface area (Å²) in [5.41, 5.74) is 4.15. The highest BCUT2D eigenvalue weighted by molar-refractivity contribution is 9.10. The van der Waals surface area contributed by atoms with Crippen LogP contribution < -0.4 is 22.3 Å². The van der Waals surface area contributed by atoms with Crippen LogP contribution >= 0.6 is 15.9 Å². The Morgan fingerprint density at radius 1 is 1.29 bits per heavy atom. The predicted octanol–water partition coefficient (Wildman–Crippen LogP) is -0.0346. The third kappa shape index (κ3) is 4.37. The zero-order chi connectivity index (χ0) is 21.2. The Morgan fingerprint density at radius 2 is 1.93 bits per heavy atom. The van der Waals surface area contributed by atoms with Crippen molar-refractivity contribution in [3.05, 3.63) is 49.2 Å². The molecule has 1 atom stereocenters. The van der Waals surface area contributed by atoms with E-state index in [-0.39, 0.29) is 23.8 Å². The van der Waals surface area contributed by atoms with Crippen LogP contribution in [0, 0.1) is 0 Å². The number of Topliss-reactive ketones (excluding diaryl/α,β-unsaturated/α-hetero) is 1. The van der Waals surface area contributed by atoms with Gasteiger partial charge in [0.05, 0.1) is 12.6 Å². The van der Waals surface area contributed by atoms with Gasteiger partial charge < -0.3 is 11.1 Å². The molecule has 0 spiro atoms. The van der Waals surface area contributed by atoms with Crippen LogP contribution in [0.2, 0.25) is 0 Å². The van der Waals surface area contributed by atoms with Gasteiger partial charge in [-0.3, -0.25) is 28.4 Å². The van der Waals surface area contributed by atoms with Crippen molar-refractivity contribution in [1.82, 2.24) is 19.0 Å². The van der Waals surface area contributed by atoms with Crippen LogP contribution in [0.3, 0.4) is 0 Å². The van der Waals surface area contributed by atoms with Gasteiger partial charge in [-0.05, 0) is 42.0 Å². The van der Waals surface area contributed by atoms with E-state index in [4.69, 9.17) is 5.73 Å². The standard InChI is InChI=1S/C17H21BrN6O4/c1-9(14(26)13-15(19)23(3)17(28)24(4)16(13)27)22(2)8-12(25)21-11-6-5-10(18)7-20-11/h5-7,9H,8,19H2,1-4H3,(H,20,21,25). The molecule has 2 aromatic rings. The monoisotopic (exact) mass is 452 g/mol. The lowest BCUT2D eigenvalue weighted by Crippen LogP contribution is -2.46. The summed E-state index contributed by atoms with van der Waals surface area (Å²) in [7, 11) is 4.22. The number of nitrogens with two attached hydrogens (primary N) is 1. The number of pyridine rings is 1. The first-order valence-electron chi connectivity index (χ1n) is 8.26. The number of amides is 1. The fourth-order valence-corrected chi connectivity index (χ4v) is 2.73. The molecule has 28 heavy (non-hydrogen) atoms. The number of ketones is 1. The summed E-state index contributed by atoms with van der Waals surface area (Å²) in [6, 6.07) is 2.54. The Hall–Kier alpha value is -2.79. The molecule has 1 amide bonds. The first-order valence-corrected chi connectivity index (χ1v) is 9.05. The van der Waals surface area contributed by atoms with Gasteiger partial charge >= 0.3 is 5.69 Å².